The highest BCUT2D eigenvalue weighted by atomic mass is 16.6. The number of aromatic hydroxyl groups is 2. The van der Waals surface area contributed by atoms with Crippen molar-refractivity contribution in [3.63, 3.8) is 0 Å². The van der Waals surface area contributed by atoms with Gasteiger partial charge in [0.05, 0.1) is 47.7 Å². The number of nitrogens with one attached hydrogen (secondary N) is 1. The predicted molar refractivity (Wildman–Crippen MR) is 190 cm³/mol. The van der Waals surface area contributed by atoms with Crippen LogP contribution in [0.15, 0.2) is 54.2 Å². The number of phenolic OH excluding ortho intramolecular Hbond substituents is 2. The molecular formula is C40H39NO15. The zero-order chi connectivity index (χ0) is 40.6. The van der Waals surface area contributed by atoms with Crippen molar-refractivity contribution < 1.29 is 73.6 Å². The first-order valence-electron chi connectivity index (χ1n) is 17.6. The molecule has 0 bridgehead atoms. The van der Waals surface area contributed by atoms with Crippen LogP contribution in [0.25, 0.3) is 0 Å². The summed E-state index contributed by atoms with van der Waals surface area (Å²) in [5.41, 5.74) is -9.78. The van der Waals surface area contributed by atoms with E-state index in [1.807, 2.05) is 0 Å². The molecule has 7 rings (SSSR count). The van der Waals surface area contributed by atoms with Gasteiger partial charge in [-0.15, -0.1) is 0 Å². The molecule has 3 aromatic carbocycles. The number of allylic oxidation sites excluding steroid dienone is 2. The molecule has 16 heteroatoms. The Balaban J connectivity index is 1.33. The SMILES string of the molecule is CO[C@H]1[C@H](C)OC(NC2=CC(=O)c3c(cc4c(c3O)C(=O)[C@]3(OC)[C@H](O)Cc5cc(C)c(C(=O)OCc6ccccc6)c(O)c5[C@]3(O)C4=O)C2=O)C(CO)[C@@H]1O. The minimum atomic E-state index is -3.28. The minimum Gasteiger partial charge on any atom is -0.507 e. The van der Waals surface area contributed by atoms with Crippen LogP contribution in [0.2, 0.25) is 0 Å². The molecule has 294 valence electrons. The molecule has 1 fully saturated rings. The average molecular weight is 774 g/mol. The van der Waals surface area contributed by atoms with Crippen molar-refractivity contribution in [1.29, 1.82) is 0 Å². The standard InChI is InChI=1S/C40H39NO15/c1-16-10-19-11-25(44)40(54-4)36(50)28-21(35(49)39(40,52)29(19)33(48)26(16)38(51)55-15-18-8-6-5-7-9-18)12-20-27(32(28)47)24(43)13-23(30(20)45)41-37-22(14-42)31(46)34(53-3)17(2)56-37/h5-10,12-13,17,22,25,31,34,37,41-42,44,46-48,52H,11,14-15H2,1-4H3/t17-,22?,25+,31-,34-,37?,39-,40+/m0/s1. The first kappa shape index (κ1) is 38.9. The Morgan fingerprint density at radius 3 is 2.32 bits per heavy atom. The highest BCUT2D eigenvalue weighted by molar-refractivity contribution is 6.31. The second kappa shape index (κ2) is 14.0. The number of rotatable bonds is 8. The summed E-state index contributed by atoms with van der Waals surface area (Å²) < 4.78 is 22.1. The number of Topliss-reactive ketones (excluding diaryl/α,β-unsaturated/α-hetero) is 3. The average Bonchev–Trinajstić information content (AvgIpc) is 3.15. The van der Waals surface area contributed by atoms with E-state index in [-0.39, 0.29) is 17.7 Å². The summed E-state index contributed by atoms with van der Waals surface area (Å²) in [6, 6.07) is 10.8. The molecule has 3 aromatic rings. The highest BCUT2D eigenvalue weighted by Crippen LogP contribution is 2.56. The lowest BCUT2D eigenvalue weighted by molar-refractivity contribution is -0.214. The fourth-order valence-electron chi connectivity index (χ4n) is 8.59. The normalized spacial score (nSPS) is 29.5. The summed E-state index contributed by atoms with van der Waals surface area (Å²) in [4.78, 5) is 70.5. The number of hydrogen-bond acceptors (Lipinski definition) is 16. The van der Waals surface area contributed by atoms with Crippen LogP contribution in [-0.4, -0.2) is 117 Å². The maximum Gasteiger partial charge on any atom is 0.342 e. The molecule has 1 saturated heterocycles. The highest BCUT2D eigenvalue weighted by Gasteiger charge is 2.72. The van der Waals surface area contributed by atoms with Gasteiger partial charge in [-0.05, 0) is 36.6 Å². The lowest BCUT2D eigenvalue weighted by Gasteiger charge is -2.52. The Hall–Kier alpha value is -5.33. The van der Waals surface area contributed by atoms with E-state index in [4.69, 9.17) is 18.9 Å². The van der Waals surface area contributed by atoms with E-state index >= 15 is 0 Å². The van der Waals surface area contributed by atoms with Crippen LogP contribution in [0.3, 0.4) is 0 Å². The van der Waals surface area contributed by atoms with Gasteiger partial charge in [0.25, 0.3) is 0 Å². The predicted octanol–water partition coefficient (Wildman–Crippen LogP) is 0.914. The molecule has 8 atom stereocenters. The molecule has 1 heterocycles. The number of esters is 1. The molecular weight excluding hydrogens is 734 g/mol. The molecule has 0 radical (unpaired) electrons. The smallest absolute Gasteiger partial charge is 0.342 e. The number of ether oxygens (including phenoxy) is 4. The number of aryl methyl sites for hydroxylation is 1. The van der Waals surface area contributed by atoms with Gasteiger partial charge >= 0.3 is 5.97 Å². The monoisotopic (exact) mass is 773 g/mol. The molecule has 0 amide bonds. The topological polar surface area (TPSA) is 256 Å². The first-order valence-corrected chi connectivity index (χ1v) is 17.6. The first-order chi connectivity index (χ1) is 26.6. The molecule has 3 aliphatic carbocycles. The van der Waals surface area contributed by atoms with Crippen molar-refractivity contribution in [1.82, 2.24) is 5.32 Å². The maximum atomic E-state index is 14.8. The van der Waals surface area contributed by atoms with Crippen molar-refractivity contribution in [2.24, 2.45) is 5.92 Å². The molecule has 1 aliphatic heterocycles. The summed E-state index contributed by atoms with van der Waals surface area (Å²) in [6.07, 6.45) is -5.70. The van der Waals surface area contributed by atoms with Crippen molar-refractivity contribution in [2.75, 3.05) is 20.8 Å². The summed E-state index contributed by atoms with van der Waals surface area (Å²) in [6.45, 7) is 2.23. The lowest BCUT2D eigenvalue weighted by atomic mass is 9.56. The van der Waals surface area contributed by atoms with Crippen LogP contribution >= 0.6 is 0 Å². The fraction of sp³-hybridized carbons (Fsp3) is 0.375. The van der Waals surface area contributed by atoms with Gasteiger partial charge in [-0.3, -0.25) is 19.2 Å². The Morgan fingerprint density at radius 1 is 0.982 bits per heavy atom. The second-order valence-corrected chi connectivity index (χ2v) is 14.3. The van der Waals surface area contributed by atoms with Crippen LogP contribution in [0, 0.1) is 12.8 Å². The van der Waals surface area contributed by atoms with Crippen LogP contribution in [0.1, 0.15) is 81.0 Å². The van der Waals surface area contributed by atoms with E-state index in [1.165, 1.54) is 20.1 Å². The molecule has 0 spiro atoms. The molecule has 16 nitrogen and oxygen atoms in total. The molecule has 0 saturated carbocycles. The minimum absolute atomic E-state index is 0.0206. The summed E-state index contributed by atoms with van der Waals surface area (Å²) in [5.74, 6) is -8.85. The van der Waals surface area contributed by atoms with Crippen LogP contribution in [0.5, 0.6) is 11.5 Å². The van der Waals surface area contributed by atoms with Gasteiger partial charge in [0.1, 0.15) is 36.0 Å². The number of hydrogen-bond donors (Lipinski definition) is 7. The third kappa shape index (κ3) is 5.36. The van der Waals surface area contributed by atoms with E-state index in [1.54, 1.807) is 37.3 Å². The zero-order valence-electron chi connectivity index (χ0n) is 30.6. The quantitative estimate of drug-likeness (QED) is 0.157. The van der Waals surface area contributed by atoms with Crippen molar-refractivity contribution in [2.45, 2.75) is 68.7 Å². The number of aliphatic hydroxyl groups excluding tert-OH is 3. The van der Waals surface area contributed by atoms with E-state index in [2.05, 4.69) is 5.32 Å². The van der Waals surface area contributed by atoms with Crippen LogP contribution in [-0.2, 0) is 37.6 Å². The number of ketones is 4. The number of carbonyl (C=O) groups is 5. The number of benzene rings is 3. The Morgan fingerprint density at radius 2 is 1.68 bits per heavy atom. The fourth-order valence-corrected chi connectivity index (χ4v) is 8.59. The van der Waals surface area contributed by atoms with Crippen LogP contribution in [0.4, 0.5) is 0 Å². The Labute approximate surface area is 318 Å². The number of methoxy groups -OCH3 is 2. The third-order valence-electron chi connectivity index (χ3n) is 11.3. The Bertz CT molecular complexity index is 2230. The lowest BCUT2D eigenvalue weighted by Crippen LogP contribution is -2.73. The Kier molecular flexibility index (Phi) is 9.73. The molecule has 7 N–H and O–H groups in total. The zero-order valence-corrected chi connectivity index (χ0v) is 30.6. The molecule has 0 aromatic heterocycles. The number of carbonyl (C=O) groups excluding carboxylic acids is 5. The number of phenols is 2. The number of aliphatic hydroxyl groups is 4. The van der Waals surface area contributed by atoms with Crippen molar-refractivity contribution >= 4 is 29.1 Å². The van der Waals surface area contributed by atoms with Crippen LogP contribution < -0.4 is 5.32 Å². The summed E-state index contributed by atoms with van der Waals surface area (Å²) in [5, 5.41) is 71.2. The van der Waals surface area contributed by atoms with E-state index < -0.39 is 140 Å². The van der Waals surface area contributed by atoms with Gasteiger partial charge in [0, 0.05) is 43.4 Å². The van der Waals surface area contributed by atoms with Gasteiger partial charge in [-0.25, -0.2) is 4.79 Å². The largest absolute Gasteiger partial charge is 0.507 e. The van der Waals surface area contributed by atoms with Crippen molar-refractivity contribution in [3.8, 4) is 11.5 Å². The number of fused-ring (bicyclic) bond motifs is 5. The van der Waals surface area contributed by atoms with Gasteiger partial charge in [-0.2, -0.15) is 0 Å². The van der Waals surface area contributed by atoms with E-state index in [0.717, 1.165) is 19.3 Å². The molecule has 4 aliphatic rings. The van der Waals surface area contributed by atoms with Gasteiger partial charge < -0.3 is 54.9 Å². The molecule has 56 heavy (non-hydrogen) atoms. The van der Waals surface area contributed by atoms with Gasteiger partial charge in [-0.1, -0.05) is 36.4 Å². The molecule has 2 unspecified atom stereocenters. The van der Waals surface area contributed by atoms with Gasteiger partial charge in [0.2, 0.25) is 17.3 Å². The van der Waals surface area contributed by atoms with E-state index in [9.17, 15) is 54.6 Å². The summed E-state index contributed by atoms with van der Waals surface area (Å²) in [7, 11) is 2.26. The van der Waals surface area contributed by atoms with Gasteiger partial charge in [0.15, 0.2) is 17.0 Å². The third-order valence-corrected chi connectivity index (χ3v) is 11.3. The van der Waals surface area contributed by atoms with Crippen molar-refractivity contribution in [3.05, 3.63) is 104 Å². The maximum absolute atomic E-state index is 14.8. The summed E-state index contributed by atoms with van der Waals surface area (Å²) >= 11 is 0. The van der Waals surface area contributed by atoms with E-state index in [0.29, 0.717) is 5.56 Å². The second-order valence-electron chi connectivity index (χ2n) is 14.3.